The van der Waals surface area contributed by atoms with Crippen molar-refractivity contribution in [2.75, 3.05) is 6.54 Å². The second-order valence-corrected chi connectivity index (χ2v) is 2.81. The number of benzene rings is 1. The Bertz CT molecular complexity index is 387. The minimum atomic E-state index is -0.862. The Balaban J connectivity index is 2.77. The quantitative estimate of drug-likeness (QED) is 0.753. The summed E-state index contributed by atoms with van der Waals surface area (Å²) in [5.74, 6) is -3.22. The van der Waals surface area contributed by atoms with Crippen molar-refractivity contribution in [2.24, 2.45) is 5.73 Å². The minimum Gasteiger partial charge on any atom is -0.368 e. The van der Waals surface area contributed by atoms with Gasteiger partial charge in [0.1, 0.15) is 11.6 Å². The molecule has 0 saturated heterocycles. The van der Waals surface area contributed by atoms with Crippen molar-refractivity contribution < 1.29 is 18.4 Å². The summed E-state index contributed by atoms with van der Waals surface area (Å²) in [6, 6.07) is 2.36. The Morgan fingerprint density at radius 2 is 1.73 bits per heavy atom. The molecular formula is C9H8F2N2O2. The van der Waals surface area contributed by atoms with Gasteiger partial charge in [-0.05, 0) is 12.1 Å². The van der Waals surface area contributed by atoms with Crippen LogP contribution in [0.4, 0.5) is 8.78 Å². The lowest BCUT2D eigenvalue weighted by Crippen LogP contribution is -2.33. The third-order valence-corrected chi connectivity index (χ3v) is 1.55. The molecule has 0 aliphatic carbocycles. The van der Waals surface area contributed by atoms with Crippen LogP contribution < -0.4 is 11.1 Å². The summed E-state index contributed by atoms with van der Waals surface area (Å²) in [6.07, 6.45) is 0. The maximum atomic E-state index is 12.7. The maximum Gasteiger partial charge on any atom is 0.251 e. The van der Waals surface area contributed by atoms with E-state index in [4.69, 9.17) is 5.73 Å². The van der Waals surface area contributed by atoms with Gasteiger partial charge in [0.2, 0.25) is 5.91 Å². The van der Waals surface area contributed by atoms with Gasteiger partial charge in [0.25, 0.3) is 5.91 Å². The van der Waals surface area contributed by atoms with Gasteiger partial charge in [0.05, 0.1) is 6.54 Å². The highest BCUT2D eigenvalue weighted by atomic mass is 19.1. The summed E-state index contributed by atoms with van der Waals surface area (Å²) in [4.78, 5) is 21.5. The third-order valence-electron chi connectivity index (χ3n) is 1.55. The Hall–Kier alpha value is -1.98. The number of amides is 2. The second kappa shape index (κ2) is 4.50. The number of carbonyl (C=O) groups excluding carboxylic acids is 2. The van der Waals surface area contributed by atoms with Gasteiger partial charge in [0.15, 0.2) is 0 Å². The fourth-order valence-corrected chi connectivity index (χ4v) is 0.954. The molecule has 80 valence electrons. The van der Waals surface area contributed by atoms with Gasteiger partial charge in [-0.2, -0.15) is 0 Å². The van der Waals surface area contributed by atoms with Crippen LogP contribution in [-0.4, -0.2) is 18.4 Å². The normalized spacial score (nSPS) is 9.73. The molecule has 0 aromatic heterocycles. The van der Waals surface area contributed by atoms with Crippen LogP contribution >= 0.6 is 0 Å². The highest BCUT2D eigenvalue weighted by Crippen LogP contribution is 2.07. The third kappa shape index (κ3) is 3.34. The second-order valence-electron chi connectivity index (χ2n) is 2.81. The SMILES string of the molecule is NC(=O)CNC(=O)c1cc(F)cc(F)c1. The van der Waals surface area contributed by atoms with Crippen molar-refractivity contribution in [2.45, 2.75) is 0 Å². The Morgan fingerprint density at radius 1 is 1.20 bits per heavy atom. The number of hydrogen-bond acceptors (Lipinski definition) is 2. The highest BCUT2D eigenvalue weighted by Gasteiger charge is 2.09. The standard InChI is InChI=1S/C9H8F2N2O2/c10-6-1-5(2-7(11)3-6)9(15)13-4-8(12)14/h1-3H,4H2,(H2,12,14)(H,13,15). The van der Waals surface area contributed by atoms with Crippen molar-refractivity contribution in [1.82, 2.24) is 5.32 Å². The van der Waals surface area contributed by atoms with E-state index in [1.54, 1.807) is 0 Å². The van der Waals surface area contributed by atoms with Crippen molar-refractivity contribution in [1.29, 1.82) is 0 Å². The van der Waals surface area contributed by atoms with Crippen molar-refractivity contribution >= 4 is 11.8 Å². The number of primary amides is 1. The van der Waals surface area contributed by atoms with E-state index in [-0.39, 0.29) is 12.1 Å². The molecule has 1 aromatic carbocycles. The van der Waals surface area contributed by atoms with Crippen LogP contribution in [0.1, 0.15) is 10.4 Å². The summed E-state index contributed by atoms with van der Waals surface area (Å²) in [6.45, 7) is -0.378. The number of hydrogen-bond donors (Lipinski definition) is 2. The first-order valence-corrected chi connectivity index (χ1v) is 4.01. The average Bonchev–Trinajstić information content (AvgIpc) is 2.12. The van der Waals surface area contributed by atoms with Gasteiger partial charge >= 0.3 is 0 Å². The van der Waals surface area contributed by atoms with Crippen LogP contribution in [0.2, 0.25) is 0 Å². The summed E-state index contributed by atoms with van der Waals surface area (Å²) < 4.78 is 25.4. The first-order chi connectivity index (χ1) is 6.99. The zero-order valence-electron chi connectivity index (χ0n) is 7.59. The molecule has 15 heavy (non-hydrogen) atoms. The molecule has 4 nitrogen and oxygen atoms in total. The van der Waals surface area contributed by atoms with Gasteiger partial charge in [-0.3, -0.25) is 9.59 Å². The van der Waals surface area contributed by atoms with Gasteiger partial charge in [-0.15, -0.1) is 0 Å². The number of nitrogens with two attached hydrogens (primary N) is 1. The van der Waals surface area contributed by atoms with E-state index in [9.17, 15) is 18.4 Å². The fourth-order valence-electron chi connectivity index (χ4n) is 0.954. The van der Waals surface area contributed by atoms with E-state index in [0.29, 0.717) is 6.07 Å². The van der Waals surface area contributed by atoms with Crippen molar-refractivity contribution in [3.8, 4) is 0 Å². The first-order valence-electron chi connectivity index (χ1n) is 4.01. The fraction of sp³-hybridized carbons (Fsp3) is 0.111. The minimum absolute atomic E-state index is 0.200. The molecule has 0 aliphatic rings. The average molecular weight is 214 g/mol. The summed E-state index contributed by atoms with van der Waals surface area (Å²) in [5, 5.41) is 2.11. The Morgan fingerprint density at radius 3 is 2.20 bits per heavy atom. The van der Waals surface area contributed by atoms with E-state index in [1.165, 1.54) is 0 Å². The van der Waals surface area contributed by atoms with E-state index < -0.39 is 23.4 Å². The predicted molar refractivity (Wildman–Crippen MR) is 47.9 cm³/mol. The van der Waals surface area contributed by atoms with Crippen LogP contribution in [0.3, 0.4) is 0 Å². The van der Waals surface area contributed by atoms with E-state index in [0.717, 1.165) is 12.1 Å². The van der Waals surface area contributed by atoms with Gasteiger partial charge in [-0.25, -0.2) is 8.78 Å². The summed E-state index contributed by atoms with van der Waals surface area (Å²) in [7, 11) is 0. The van der Waals surface area contributed by atoms with Crippen molar-refractivity contribution in [3.63, 3.8) is 0 Å². The van der Waals surface area contributed by atoms with Crippen molar-refractivity contribution in [3.05, 3.63) is 35.4 Å². The molecule has 0 radical (unpaired) electrons. The van der Waals surface area contributed by atoms with Crippen LogP contribution in [-0.2, 0) is 4.79 Å². The maximum absolute atomic E-state index is 12.7. The lowest BCUT2D eigenvalue weighted by atomic mass is 10.2. The van der Waals surface area contributed by atoms with Gasteiger partial charge < -0.3 is 11.1 Å². The van der Waals surface area contributed by atoms with Crippen LogP contribution in [0.25, 0.3) is 0 Å². The molecule has 6 heteroatoms. The lowest BCUT2D eigenvalue weighted by Gasteiger charge is -2.02. The van der Waals surface area contributed by atoms with E-state index in [1.807, 2.05) is 0 Å². The predicted octanol–water partition coefficient (Wildman–Crippen LogP) is 0.180. The largest absolute Gasteiger partial charge is 0.368 e. The molecule has 0 atom stereocenters. The highest BCUT2D eigenvalue weighted by molar-refractivity contribution is 5.96. The molecular weight excluding hydrogens is 206 g/mol. The molecule has 0 fully saturated rings. The number of nitrogens with one attached hydrogen (secondary N) is 1. The molecule has 1 rings (SSSR count). The van der Waals surface area contributed by atoms with Crippen LogP contribution in [0.15, 0.2) is 18.2 Å². The van der Waals surface area contributed by atoms with E-state index in [2.05, 4.69) is 5.32 Å². The Labute approximate surface area is 84.1 Å². The number of halogens is 2. The first kappa shape index (κ1) is 11.1. The summed E-state index contributed by atoms with van der Waals surface area (Å²) in [5.41, 5.74) is 4.58. The smallest absolute Gasteiger partial charge is 0.251 e. The zero-order chi connectivity index (χ0) is 11.4. The molecule has 3 N–H and O–H groups in total. The van der Waals surface area contributed by atoms with Gasteiger partial charge in [-0.1, -0.05) is 0 Å². The topological polar surface area (TPSA) is 72.2 Å². The molecule has 0 saturated carbocycles. The monoisotopic (exact) mass is 214 g/mol. The summed E-state index contributed by atoms with van der Waals surface area (Å²) >= 11 is 0. The van der Waals surface area contributed by atoms with Gasteiger partial charge in [0, 0.05) is 11.6 Å². The lowest BCUT2D eigenvalue weighted by molar-refractivity contribution is -0.117. The molecule has 0 bridgehead atoms. The molecule has 0 heterocycles. The van der Waals surface area contributed by atoms with E-state index >= 15 is 0 Å². The molecule has 2 amide bonds. The molecule has 1 aromatic rings. The number of rotatable bonds is 3. The van der Waals surface area contributed by atoms with Crippen LogP contribution in [0.5, 0.6) is 0 Å². The zero-order valence-corrected chi connectivity index (χ0v) is 7.59. The molecule has 0 aliphatic heterocycles. The molecule has 0 spiro atoms. The van der Waals surface area contributed by atoms with Crippen LogP contribution in [0, 0.1) is 11.6 Å². The number of carbonyl (C=O) groups is 2. The molecule has 0 unspecified atom stereocenters. The Kier molecular flexibility index (Phi) is 3.33.